The second kappa shape index (κ2) is 8.70. The molecular weight excluding hydrogens is 336 g/mol. The lowest BCUT2D eigenvalue weighted by Crippen LogP contribution is -2.47. The zero-order valence-corrected chi connectivity index (χ0v) is 15.4. The van der Waals surface area contributed by atoms with Gasteiger partial charge in [-0.3, -0.25) is 9.59 Å². The number of hydrogen-bond acceptors (Lipinski definition) is 2. The predicted octanol–water partition coefficient (Wildman–Crippen LogP) is 4.08. The van der Waals surface area contributed by atoms with Gasteiger partial charge >= 0.3 is 0 Å². The Hall–Kier alpha value is -1.55. The van der Waals surface area contributed by atoms with Gasteiger partial charge in [0.05, 0.1) is 0 Å². The molecular formula is C20H27ClN2O2. The molecule has 1 aromatic carbocycles. The van der Waals surface area contributed by atoms with Crippen molar-refractivity contribution in [3.63, 3.8) is 0 Å². The number of carbonyl (C=O) groups is 2. The van der Waals surface area contributed by atoms with Crippen molar-refractivity contribution in [1.29, 1.82) is 0 Å². The number of amides is 2. The van der Waals surface area contributed by atoms with Crippen LogP contribution < -0.4 is 10.6 Å². The standard InChI is InChI=1S/C20H27ClN2O2/c21-16-9-4-8-15(12-16)20(25)23-18-11-5-10-17(13-18)22-19(24)14-6-2-1-3-7-14/h4,8-9,12,14,17-18H,1-3,5-7,10-11,13H2,(H,22,24)(H,23,25)/t17-,18-/m0/s1. The van der Waals surface area contributed by atoms with E-state index in [0.29, 0.717) is 10.6 Å². The molecule has 1 aromatic rings. The van der Waals surface area contributed by atoms with Gasteiger partial charge < -0.3 is 10.6 Å². The van der Waals surface area contributed by atoms with E-state index in [0.717, 1.165) is 38.5 Å². The number of nitrogens with one attached hydrogen (secondary N) is 2. The van der Waals surface area contributed by atoms with Crippen molar-refractivity contribution in [3.05, 3.63) is 34.9 Å². The summed E-state index contributed by atoms with van der Waals surface area (Å²) in [5.74, 6) is 0.313. The molecule has 0 unspecified atom stereocenters. The van der Waals surface area contributed by atoms with E-state index in [9.17, 15) is 9.59 Å². The van der Waals surface area contributed by atoms with Crippen molar-refractivity contribution in [2.24, 2.45) is 5.92 Å². The zero-order valence-electron chi connectivity index (χ0n) is 14.6. The predicted molar refractivity (Wildman–Crippen MR) is 99.7 cm³/mol. The molecule has 2 atom stereocenters. The molecule has 3 rings (SSSR count). The molecule has 2 saturated carbocycles. The van der Waals surface area contributed by atoms with Gasteiger partial charge in [0.1, 0.15) is 0 Å². The van der Waals surface area contributed by atoms with E-state index in [1.165, 1.54) is 19.3 Å². The van der Waals surface area contributed by atoms with Crippen LogP contribution in [-0.2, 0) is 4.79 Å². The van der Waals surface area contributed by atoms with Crippen LogP contribution in [0.5, 0.6) is 0 Å². The van der Waals surface area contributed by atoms with E-state index in [4.69, 9.17) is 11.6 Å². The monoisotopic (exact) mass is 362 g/mol. The summed E-state index contributed by atoms with van der Waals surface area (Å²) < 4.78 is 0. The third-order valence-corrected chi connectivity index (χ3v) is 5.65. The van der Waals surface area contributed by atoms with Gasteiger partial charge in [-0.05, 0) is 56.7 Å². The first-order chi connectivity index (χ1) is 12.1. The minimum atomic E-state index is -0.0910. The summed E-state index contributed by atoms with van der Waals surface area (Å²) >= 11 is 5.96. The Morgan fingerprint density at radius 2 is 1.64 bits per heavy atom. The molecule has 0 aliphatic heterocycles. The van der Waals surface area contributed by atoms with Gasteiger partial charge in [-0.15, -0.1) is 0 Å². The second-order valence-corrected chi connectivity index (χ2v) is 7.82. The summed E-state index contributed by atoms with van der Waals surface area (Å²) in [6.45, 7) is 0. The first kappa shape index (κ1) is 18.2. The van der Waals surface area contributed by atoms with Crippen molar-refractivity contribution in [1.82, 2.24) is 10.6 Å². The number of halogens is 1. The fourth-order valence-electron chi connectivity index (χ4n) is 4.03. The highest BCUT2D eigenvalue weighted by Crippen LogP contribution is 2.25. The van der Waals surface area contributed by atoms with Crippen molar-refractivity contribution < 1.29 is 9.59 Å². The van der Waals surface area contributed by atoms with E-state index in [-0.39, 0.29) is 29.8 Å². The molecule has 0 aromatic heterocycles. The van der Waals surface area contributed by atoms with Gasteiger partial charge in [-0.1, -0.05) is 36.9 Å². The maximum Gasteiger partial charge on any atom is 0.251 e. The number of carbonyl (C=O) groups excluding carboxylic acids is 2. The Morgan fingerprint density at radius 1 is 0.920 bits per heavy atom. The van der Waals surface area contributed by atoms with Gasteiger partial charge in [-0.25, -0.2) is 0 Å². The molecule has 0 heterocycles. The molecule has 4 nitrogen and oxygen atoms in total. The van der Waals surface area contributed by atoms with Crippen LogP contribution in [-0.4, -0.2) is 23.9 Å². The van der Waals surface area contributed by atoms with Gasteiger partial charge in [0.15, 0.2) is 0 Å². The molecule has 2 fully saturated rings. The van der Waals surface area contributed by atoms with E-state index in [1.807, 2.05) is 0 Å². The Morgan fingerprint density at radius 3 is 2.36 bits per heavy atom. The maximum atomic E-state index is 12.4. The summed E-state index contributed by atoms with van der Waals surface area (Å²) in [4.78, 5) is 24.8. The molecule has 2 aliphatic rings. The topological polar surface area (TPSA) is 58.2 Å². The van der Waals surface area contributed by atoms with Crippen LogP contribution in [0.2, 0.25) is 5.02 Å². The Kier molecular flexibility index (Phi) is 6.35. The summed E-state index contributed by atoms with van der Waals surface area (Å²) in [5, 5.41) is 6.89. The minimum Gasteiger partial charge on any atom is -0.353 e. The Labute approximate surface area is 154 Å². The van der Waals surface area contributed by atoms with Crippen LogP contribution in [0, 0.1) is 5.92 Å². The molecule has 0 radical (unpaired) electrons. The maximum absolute atomic E-state index is 12.4. The first-order valence-electron chi connectivity index (χ1n) is 9.48. The lowest BCUT2D eigenvalue weighted by Gasteiger charge is -2.32. The third kappa shape index (κ3) is 5.21. The van der Waals surface area contributed by atoms with Crippen LogP contribution in [0.15, 0.2) is 24.3 Å². The molecule has 2 aliphatic carbocycles. The molecule has 136 valence electrons. The van der Waals surface area contributed by atoms with E-state index < -0.39 is 0 Å². The minimum absolute atomic E-state index is 0.0910. The second-order valence-electron chi connectivity index (χ2n) is 7.39. The Balaban J connectivity index is 1.50. The summed E-state index contributed by atoms with van der Waals surface area (Å²) in [6, 6.07) is 7.28. The zero-order chi connectivity index (χ0) is 17.6. The summed E-state index contributed by atoms with van der Waals surface area (Å²) in [7, 11) is 0. The number of rotatable bonds is 4. The third-order valence-electron chi connectivity index (χ3n) is 5.42. The van der Waals surface area contributed by atoms with E-state index >= 15 is 0 Å². The van der Waals surface area contributed by atoms with Crippen LogP contribution in [0.1, 0.15) is 68.1 Å². The molecule has 0 spiro atoms. The molecule has 5 heteroatoms. The van der Waals surface area contributed by atoms with Gasteiger partial charge in [0, 0.05) is 28.6 Å². The lowest BCUT2D eigenvalue weighted by atomic mass is 9.87. The van der Waals surface area contributed by atoms with Crippen molar-refractivity contribution in [2.75, 3.05) is 0 Å². The van der Waals surface area contributed by atoms with Gasteiger partial charge in [-0.2, -0.15) is 0 Å². The molecule has 2 amide bonds. The average Bonchev–Trinajstić information content (AvgIpc) is 2.63. The number of hydrogen-bond donors (Lipinski definition) is 2. The fraction of sp³-hybridized carbons (Fsp3) is 0.600. The number of benzene rings is 1. The lowest BCUT2D eigenvalue weighted by molar-refractivity contribution is -0.126. The highest BCUT2D eigenvalue weighted by molar-refractivity contribution is 6.30. The summed E-state index contributed by atoms with van der Waals surface area (Å²) in [5.41, 5.74) is 0.584. The van der Waals surface area contributed by atoms with E-state index in [1.54, 1.807) is 24.3 Å². The molecule has 0 saturated heterocycles. The molecule has 0 bridgehead atoms. The SMILES string of the molecule is O=C(N[C@H]1CCC[C@H](NC(=O)C2CCCCC2)C1)c1cccc(Cl)c1. The average molecular weight is 363 g/mol. The van der Waals surface area contributed by atoms with Crippen molar-refractivity contribution in [3.8, 4) is 0 Å². The highest BCUT2D eigenvalue weighted by Gasteiger charge is 2.28. The van der Waals surface area contributed by atoms with Gasteiger partial charge in [0.2, 0.25) is 5.91 Å². The van der Waals surface area contributed by atoms with Crippen LogP contribution in [0.4, 0.5) is 0 Å². The van der Waals surface area contributed by atoms with Crippen LogP contribution >= 0.6 is 11.6 Å². The summed E-state index contributed by atoms with van der Waals surface area (Å²) in [6.07, 6.45) is 9.43. The first-order valence-corrected chi connectivity index (χ1v) is 9.86. The van der Waals surface area contributed by atoms with Crippen LogP contribution in [0.3, 0.4) is 0 Å². The highest BCUT2D eigenvalue weighted by atomic mass is 35.5. The van der Waals surface area contributed by atoms with Crippen molar-refractivity contribution >= 4 is 23.4 Å². The quantitative estimate of drug-likeness (QED) is 0.847. The van der Waals surface area contributed by atoms with E-state index in [2.05, 4.69) is 10.6 Å². The van der Waals surface area contributed by atoms with Crippen molar-refractivity contribution in [2.45, 2.75) is 69.9 Å². The smallest absolute Gasteiger partial charge is 0.251 e. The fourth-order valence-corrected chi connectivity index (χ4v) is 4.22. The Bertz CT molecular complexity index is 613. The van der Waals surface area contributed by atoms with Crippen LogP contribution in [0.25, 0.3) is 0 Å². The normalized spacial score (nSPS) is 24.5. The molecule has 2 N–H and O–H groups in total. The largest absolute Gasteiger partial charge is 0.353 e. The molecule has 25 heavy (non-hydrogen) atoms. The van der Waals surface area contributed by atoms with Gasteiger partial charge in [0.25, 0.3) is 5.91 Å².